The normalized spacial score (nSPS) is 29.8. The number of nitrogens with zero attached hydrogens (tertiary/aromatic N) is 2. The molecule has 3 aliphatic rings. The molecule has 2 amide bonds. The van der Waals surface area contributed by atoms with E-state index in [1.807, 2.05) is 0 Å². The number of imide groups is 1. The molecule has 2 aliphatic carbocycles. The summed E-state index contributed by atoms with van der Waals surface area (Å²) in [6.45, 7) is 0. The van der Waals surface area contributed by atoms with Crippen LogP contribution < -0.4 is 9.47 Å². The second-order valence-corrected chi connectivity index (χ2v) is 7.32. The minimum absolute atomic E-state index is 0.180. The number of methoxy groups -OCH3 is 2. The Bertz CT molecular complexity index is 790. The SMILES string of the molecule is COc1cc(Br)c(C=NN2C(=O)C3C4C=CC(C4)C3C2=O)cc1OC. The fourth-order valence-corrected chi connectivity index (χ4v) is 4.51. The van der Waals surface area contributed by atoms with Crippen LogP contribution in [0.5, 0.6) is 11.5 Å². The van der Waals surface area contributed by atoms with Crippen molar-refractivity contribution in [2.45, 2.75) is 6.42 Å². The number of fused-ring (bicyclic) bond motifs is 5. The molecule has 1 aliphatic heterocycles. The molecule has 25 heavy (non-hydrogen) atoms. The number of allylic oxidation sites excluding steroid dienone is 2. The molecule has 4 rings (SSSR count). The smallest absolute Gasteiger partial charge is 0.254 e. The first-order valence-corrected chi connectivity index (χ1v) is 8.86. The Morgan fingerprint density at radius 1 is 1.08 bits per heavy atom. The highest BCUT2D eigenvalue weighted by Crippen LogP contribution is 2.52. The van der Waals surface area contributed by atoms with Gasteiger partial charge in [-0.25, -0.2) is 0 Å². The van der Waals surface area contributed by atoms with Crippen LogP contribution in [-0.4, -0.2) is 37.3 Å². The molecule has 1 aromatic rings. The summed E-state index contributed by atoms with van der Waals surface area (Å²) in [6.07, 6.45) is 6.54. The summed E-state index contributed by atoms with van der Waals surface area (Å²) in [6, 6.07) is 3.50. The van der Waals surface area contributed by atoms with E-state index in [2.05, 4.69) is 33.2 Å². The Morgan fingerprint density at radius 3 is 2.20 bits per heavy atom. The maximum Gasteiger partial charge on any atom is 0.254 e. The lowest BCUT2D eigenvalue weighted by atomic mass is 9.85. The van der Waals surface area contributed by atoms with Crippen molar-refractivity contribution in [3.05, 3.63) is 34.3 Å². The summed E-state index contributed by atoms with van der Waals surface area (Å²) in [4.78, 5) is 25.2. The molecular formula is C18H17BrN2O4. The predicted octanol–water partition coefficient (Wildman–Crippen LogP) is 2.61. The highest BCUT2D eigenvalue weighted by atomic mass is 79.9. The zero-order valence-electron chi connectivity index (χ0n) is 13.8. The van der Waals surface area contributed by atoms with Crippen LogP contribution >= 0.6 is 15.9 Å². The van der Waals surface area contributed by atoms with Gasteiger partial charge in [-0.1, -0.05) is 12.2 Å². The molecule has 2 bridgehead atoms. The summed E-state index contributed by atoms with van der Waals surface area (Å²) in [7, 11) is 3.10. The van der Waals surface area contributed by atoms with Crippen LogP contribution in [0.15, 0.2) is 33.9 Å². The molecule has 1 heterocycles. The molecule has 2 fully saturated rings. The van der Waals surface area contributed by atoms with Gasteiger partial charge in [0.15, 0.2) is 11.5 Å². The second-order valence-electron chi connectivity index (χ2n) is 6.46. The van der Waals surface area contributed by atoms with Crippen molar-refractivity contribution >= 4 is 34.0 Å². The number of carbonyl (C=O) groups excluding carboxylic acids is 2. The van der Waals surface area contributed by atoms with E-state index in [-0.39, 0.29) is 35.5 Å². The summed E-state index contributed by atoms with van der Waals surface area (Å²) >= 11 is 3.44. The summed E-state index contributed by atoms with van der Waals surface area (Å²) in [5, 5.41) is 5.21. The number of carbonyl (C=O) groups is 2. The predicted molar refractivity (Wildman–Crippen MR) is 94.4 cm³/mol. The number of hydrogen-bond acceptors (Lipinski definition) is 5. The molecule has 0 N–H and O–H groups in total. The number of hydrazone groups is 1. The fourth-order valence-electron chi connectivity index (χ4n) is 4.09. The first-order valence-electron chi connectivity index (χ1n) is 8.06. The van der Waals surface area contributed by atoms with E-state index in [1.165, 1.54) is 6.21 Å². The van der Waals surface area contributed by atoms with E-state index >= 15 is 0 Å². The van der Waals surface area contributed by atoms with Crippen LogP contribution in [0.4, 0.5) is 0 Å². The van der Waals surface area contributed by atoms with Crippen molar-refractivity contribution in [2.75, 3.05) is 14.2 Å². The Hall–Kier alpha value is -2.15. The molecule has 7 heteroatoms. The molecule has 4 unspecified atom stereocenters. The van der Waals surface area contributed by atoms with Gasteiger partial charge in [-0.05, 0) is 46.3 Å². The number of rotatable bonds is 4. The van der Waals surface area contributed by atoms with Gasteiger partial charge in [0.25, 0.3) is 11.8 Å². The third kappa shape index (κ3) is 2.40. The number of hydrogen-bond donors (Lipinski definition) is 0. The molecule has 130 valence electrons. The van der Waals surface area contributed by atoms with Crippen LogP contribution in [-0.2, 0) is 9.59 Å². The van der Waals surface area contributed by atoms with Crippen molar-refractivity contribution in [1.82, 2.24) is 5.01 Å². The maximum atomic E-state index is 12.6. The third-order valence-corrected chi connectivity index (χ3v) is 5.95. The van der Waals surface area contributed by atoms with Gasteiger partial charge >= 0.3 is 0 Å². The van der Waals surface area contributed by atoms with Crippen LogP contribution in [0.2, 0.25) is 0 Å². The molecule has 0 aromatic heterocycles. The fraction of sp³-hybridized carbons (Fsp3) is 0.389. The van der Waals surface area contributed by atoms with Gasteiger partial charge in [-0.15, -0.1) is 0 Å². The number of halogens is 1. The van der Waals surface area contributed by atoms with Crippen molar-refractivity contribution in [2.24, 2.45) is 28.8 Å². The molecule has 6 nitrogen and oxygen atoms in total. The molecular weight excluding hydrogens is 388 g/mol. The molecule has 1 saturated carbocycles. The van der Waals surface area contributed by atoms with Gasteiger partial charge in [0.05, 0.1) is 32.3 Å². The molecule has 4 atom stereocenters. The largest absolute Gasteiger partial charge is 0.493 e. The van der Waals surface area contributed by atoms with Crippen LogP contribution in [0, 0.1) is 23.7 Å². The minimum Gasteiger partial charge on any atom is -0.493 e. The standard InChI is InChI=1S/C18H17BrN2O4/c1-24-13-6-11(12(19)7-14(13)25-2)8-20-21-17(22)15-9-3-4-10(5-9)16(15)18(21)23/h3-4,6-10,15-16H,5H2,1-2H3. The number of benzene rings is 1. The van der Waals surface area contributed by atoms with E-state index < -0.39 is 0 Å². The van der Waals surface area contributed by atoms with Gasteiger partial charge in [0.2, 0.25) is 0 Å². The summed E-state index contributed by atoms with van der Waals surface area (Å²) in [5.41, 5.74) is 0.691. The minimum atomic E-state index is -0.242. The first-order chi connectivity index (χ1) is 12.0. The van der Waals surface area contributed by atoms with Gasteiger partial charge < -0.3 is 9.47 Å². The van der Waals surface area contributed by atoms with Gasteiger partial charge in [0, 0.05) is 10.0 Å². The van der Waals surface area contributed by atoms with Crippen LogP contribution in [0.25, 0.3) is 0 Å². The molecule has 1 saturated heterocycles. The van der Waals surface area contributed by atoms with Gasteiger partial charge in [-0.3, -0.25) is 9.59 Å². The third-order valence-electron chi connectivity index (χ3n) is 5.26. The Kier molecular flexibility index (Phi) is 3.91. The van der Waals surface area contributed by atoms with E-state index in [9.17, 15) is 9.59 Å². The van der Waals surface area contributed by atoms with Crippen molar-refractivity contribution < 1.29 is 19.1 Å². The maximum absolute atomic E-state index is 12.6. The zero-order valence-corrected chi connectivity index (χ0v) is 15.4. The van der Waals surface area contributed by atoms with Crippen LogP contribution in [0.3, 0.4) is 0 Å². The van der Waals surface area contributed by atoms with Gasteiger partial charge in [0.1, 0.15) is 0 Å². The Morgan fingerprint density at radius 2 is 1.64 bits per heavy atom. The monoisotopic (exact) mass is 404 g/mol. The second kappa shape index (κ2) is 5.98. The van der Waals surface area contributed by atoms with E-state index in [4.69, 9.17) is 9.47 Å². The number of ether oxygens (including phenoxy) is 2. The lowest BCUT2D eigenvalue weighted by molar-refractivity contribution is -0.140. The highest BCUT2D eigenvalue weighted by Gasteiger charge is 2.59. The van der Waals surface area contributed by atoms with E-state index in [0.29, 0.717) is 17.1 Å². The average Bonchev–Trinajstić information content (AvgIpc) is 3.28. The van der Waals surface area contributed by atoms with E-state index in [0.717, 1.165) is 15.9 Å². The Labute approximate surface area is 153 Å². The van der Waals surface area contributed by atoms with E-state index in [1.54, 1.807) is 26.4 Å². The van der Waals surface area contributed by atoms with Crippen molar-refractivity contribution in [1.29, 1.82) is 0 Å². The summed E-state index contributed by atoms with van der Waals surface area (Å²) < 4.78 is 11.3. The summed E-state index contributed by atoms with van der Waals surface area (Å²) in [5.74, 6) is 0.614. The molecule has 0 spiro atoms. The topological polar surface area (TPSA) is 68.2 Å². The lowest BCUT2D eigenvalue weighted by Gasteiger charge is -2.13. The molecule has 0 radical (unpaired) electrons. The zero-order chi connectivity index (χ0) is 17.7. The quantitative estimate of drug-likeness (QED) is 0.439. The molecule has 1 aromatic carbocycles. The van der Waals surface area contributed by atoms with Gasteiger partial charge in [-0.2, -0.15) is 10.1 Å². The lowest BCUT2D eigenvalue weighted by Crippen LogP contribution is -2.28. The van der Waals surface area contributed by atoms with Crippen LogP contribution in [0.1, 0.15) is 12.0 Å². The van der Waals surface area contributed by atoms with Crippen molar-refractivity contribution in [3.63, 3.8) is 0 Å². The first kappa shape index (κ1) is 16.3. The highest BCUT2D eigenvalue weighted by molar-refractivity contribution is 9.10. The average molecular weight is 405 g/mol. The Balaban J connectivity index is 1.61. The number of amides is 2. The van der Waals surface area contributed by atoms with Crippen molar-refractivity contribution in [3.8, 4) is 11.5 Å².